The van der Waals surface area contributed by atoms with Crippen LogP contribution in [0.15, 0.2) is 17.2 Å². The van der Waals surface area contributed by atoms with Gasteiger partial charge in [0.1, 0.15) is 0 Å². The molecule has 1 atom stereocenters. The summed E-state index contributed by atoms with van der Waals surface area (Å²) in [6.45, 7) is 4.26. The highest BCUT2D eigenvalue weighted by Gasteiger charge is 1.86. The van der Waals surface area contributed by atoms with Gasteiger partial charge in [-0.1, -0.05) is 6.92 Å². The topological polar surface area (TPSA) is 26.3 Å². The third-order valence-electron chi connectivity index (χ3n) is 0.720. The summed E-state index contributed by atoms with van der Waals surface area (Å²) in [6, 6.07) is 0. The quantitative estimate of drug-likeness (QED) is 0.586. The highest BCUT2D eigenvalue weighted by Crippen LogP contribution is 1.86. The minimum Gasteiger partial charge on any atom is -0.287 e. The first-order valence-corrected chi connectivity index (χ1v) is 4.40. The van der Waals surface area contributed by atoms with Crippen LogP contribution in [0.2, 0.25) is 0 Å². The van der Waals surface area contributed by atoms with Gasteiger partial charge in [0.25, 0.3) is 0 Å². The Morgan fingerprint density at radius 2 is 2.30 bits per heavy atom. The molecule has 0 aliphatic carbocycles. The molecule has 0 aromatic carbocycles. The summed E-state index contributed by atoms with van der Waals surface area (Å²) in [5, 5.41) is 1.41. The van der Waals surface area contributed by atoms with Gasteiger partial charge in [-0.25, -0.2) is 4.21 Å². The second-order valence-electron chi connectivity index (χ2n) is 1.56. The smallest absolute Gasteiger partial charge is 0.189 e. The van der Waals surface area contributed by atoms with Gasteiger partial charge < -0.3 is 0 Å². The van der Waals surface area contributed by atoms with Crippen molar-refractivity contribution >= 4 is 11.1 Å². The molecule has 0 aromatic rings. The average Bonchev–Trinajstić information content (AvgIpc) is 1.89. The maximum Gasteiger partial charge on any atom is 0.189 e. The molecule has 0 saturated heterocycles. The third kappa shape index (κ3) is 5.76. The highest BCUT2D eigenvalue weighted by molar-refractivity contribution is 7.83. The zero-order valence-electron chi connectivity index (χ0n) is 6.29. The number of hydrogen-bond acceptors (Lipinski definition) is 2. The van der Waals surface area contributed by atoms with Crippen LogP contribution in [-0.4, -0.2) is 10.8 Å². The highest BCUT2D eigenvalue weighted by atomic mass is 32.2. The van der Waals surface area contributed by atoms with Gasteiger partial charge in [-0.3, -0.25) is 4.18 Å². The molecule has 0 heterocycles. The van der Waals surface area contributed by atoms with E-state index in [4.69, 9.17) is 4.18 Å². The lowest BCUT2D eigenvalue weighted by Crippen LogP contribution is -1.90. The SMILES string of the molecule is CCC=C=CS(=O)OCC. The predicted molar refractivity (Wildman–Crippen MR) is 42.7 cm³/mol. The minimum absolute atomic E-state index is 0.469. The van der Waals surface area contributed by atoms with Gasteiger partial charge in [0.15, 0.2) is 11.1 Å². The average molecular weight is 160 g/mol. The summed E-state index contributed by atoms with van der Waals surface area (Å²) in [4.78, 5) is 0. The van der Waals surface area contributed by atoms with Crippen molar-refractivity contribution in [1.82, 2.24) is 0 Å². The molecule has 3 heteroatoms. The Morgan fingerprint density at radius 1 is 1.60 bits per heavy atom. The van der Waals surface area contributed by atoms with Gasteiger partial charge in [-0.2, -0.15) is 0 Å². The van der Waals surface area contributed by atoms with Crippen molar-refractivity contribution in [2.75, 3.05) is 6.61 Å². The lowest BCUT2D eigenvalue weighted by atomic mass is 10.5. The fourth-order valence-corrected chi connectivity index (χ4v) is 0.879. The van der Waals surface area contributed by atoms with Crippen LogP contribution in [0.4, 0.5) is 0 Å². The molecule has 0 spiro atoms. The van der Waals surface area contributed by atoms with Gasteiger partial charge in [-0.05, 0) is 19.4 Å². The first-order valence-electron chi connectivity index (χ1n) is 3.26. The lowest BCUT2D eigenvalue weighted by molar-refractivity contribution is 0.377. The molecule has 58 valence electrons. The van der Waals surface area contributed by atoms with E-state index in [-0.39, 0.29) is 0 Å². The molecule has 0 saturated carbocycles. The molecule has 0 radical (unpaired) electrons. The van der Waals surface area contributed by atoms with E-state index in [0.29, 0.717) is 6.61 Å². The van der Waals surface area contributed by atoms with E-state index in [1.165, 1.54) is 5.41 Å². The fraction of sp³-hybridized carbons (Fsp3) is 0.571. The van der Waals surface area contributed by atoms with Gasteiger partial charge in [-0.15, -0.1) is 5.73 Å². The van der Waals surface area contributed by atoms with E-state index in [2.05, 4.69) is 5.73 Å². The van der Waals surface area contributed by atoms with E-state index in [9.17, 15) is 4.21 Å². The standard InChI is InChI=1S/C7H12O2S/c1-3-5-6-7-10(8)9-4-2/h5,7H,3-4H2,1-2H3. The van der Waals surface area contributed by atoms with E-state index < -0.39 is 11.1 Å². The molecule has 0 aliphatic heterocycles. The molecule has 0 rings (SSSR count). The molecule has 10 heavy (non-hydrogen) atoms. The van der Waals surface area contributed by atoms with Crippen molar-refractivity contribution in [2.24, 2.45) is 0 Å². The molecule has 0 bridgehead atoms. The van der Waals surface area contributed by atoms with Crippen LogP contribution >= 0.6 is 0 Å². The second-order valence-corrected chi connectivity index (χ2v) is 2.56. The normalized spacial score (nSPS) is 11.8. The molecular weight excluding hydrogens is 148 g/mol. The van der Waals surface area contributed by atoms with Crippen LogP contribution in [0.3, 0.4) is 0 Å². The van der Waals surface area contributed by atoms with E-state index in [0.717, 1.165) is 6.42 Å². The molecule has 0 N–H and O–H groups in total. The largest absolute Gasteiger partial charge is 0.287 e. The zero-order chi connectivity index (χ0) is 7.82. The number of rotatable bonds is 4. The van der Waals surface area contributed by atoms with Crippen LogP contribution in [0.5, 0.6) is 0 Å². The summed E-state index contributed by atoms with van der Waals surface area (Å²) in [6.07, 6.45) is 2.71. The predicted octanol–water partition coefficient (Wildman–Crippen LogP) is 1.77. The lowest BCUT2D eigenvalue weighted by Gasteiger charge is -1.88. The van der Waals surface area contributed by atoms with Crippen molar-refractivity contribution in [1.29, 1.82) is 0 Å². The molecule has 0 aromatic heterocycles. The Bertz CT molecular complexity index is 157. The molecule has 2 nitrogen and oxygen atoms in total. The van der Waals surface area contributed by atoms with Gasteiger partial charge >= 0.3 is 0 Å². The minimum atomic E-state index is -1.29. The molecular formula is C7H12O2S. The summed E-state index contributed by atoms with van der Waals surface area (Å²) in [7, 11) is 0. The monoisotopic (exact) mass is 160 g/mol. The summed E-state index contributed by atoms with van der Waals surface area (Å²) < 4.78 is 15.4. The van der Waals surface area contributed by atoms with Crippen molar-refractivity contribution in [3.63, 3.8) is 0 Å². The first-order chi connectivity index (χ1) is 4.81. The van der Waals surface area contributed by atoms with Crippen molar-refractivity contribution < 1.29 is 8.39 Å². The Morgan fingerprint density at radius 3 is 2.80 bits per heavy atom. The molecule has 1 unspecified atom stereocenters. The molecule has 0 aliphatic rings. The maximum absolute atomic E-state index is 10.7. The van der Waals surface area contributed by atoms with E-state index in [1.54, 1.807) is 13.0 Å². The first kappa shape index (κ1) is 9.63. The van der Waals surface area contributed by atoms with Crippen LogP contribution in [0.1, 0.15) is 20.3 Å². The Hall–Kier alpha value is -0.370. The zero-order valence-corrected chi connectivity index (χ0v) is 7.11. The number of hydrogen-bond donors (Lipinski definition) is 0. The summed E-state index contributed by atoms with van der Waals surface area (Å²) in [5.41, 5.74) is 2.74. The molecule has 0 amide bonds. The Balaban J connectivity index is 3.66. The van der Waals surface area contributed by atoms with Crippen LogP contribution in [0, 0.1) is 0 Å². The second kappa shape index (κ2) is 6.75. The van der Waals surface area contributed by atoms with Gasteiger partial charge in [0.2, 0.25) is 0 Å². The Kier molecular flexibility index (Phi) is 6.50. The van der Waals surface area contributed by atoms with Crippen LogP contribution < -0.4 is 0 Å². The van der Waals surface area contributed by atoms with Gasteiger partial charge in [0, 0.05) is 0 Å². The van der Waals surface area contributed by atoms with E-state index >= 15 is 0 Å². The number of allylic oxidation sites excluding steroid dienone is 1. The van der Waals surface area contributed by atoms with Crippen molar-refractivity contribution in [2.45, 2.75) is 20.3 Å². The van der Waals surface area contributed by atoms with Crippen LogP contribution in [-0.2, 0) is 15.3 Å². The molecule has 0 fully saturated rings. The summed E-state index contributed by atoms with van der Waals surface area (Å²) >= 11 is -1.29. The van der Waals surface area contributed by atoms with E-state index in [1.807, 2.05) is 6.92 Å². The summed E-state index contributed by atoms with van der Waals surface area (Å²) in [5.74, 6) is 0. The Labute approximate surface area is 64.2 Å². The van der Waals surface area contributed by atoms with Gasteiger partial charge in [0.05, 0.1) is 12.0 Å². The fourth-order valence-electron chi connectivity index (χ4n) is 0.372. The van der Waals surface area contributed by atoms with Crippen molar-refractivity contribution in [3.05, 3.63) is 17.2 Å². The third-order valence-corrected chi connectivity index (χ3v) is 1.52. The van der Waals surface area contributed by atoms with Crippen LogP contribution in [0.25, 0.3) is 0 Å². The maximum atomic E-state index is 10.7. The van der Waals surface area contributed by atoms with Crippen molar-refractivity contribution in [3.8, 4) is 0 Å².